The van der Waals surface area contributed by atoms with Gasteiger partial charge in [-0.2, -0.15) is 13.2 Å². The second-order valence-electron chi connectivity index (χ2n) is 9.62. The Morgan fingerprint density at radius 1 is 1.13 bits per heavy atom. The third-order valence-electron chi connectivity index (χ3n) is 7.27. The molecule has 5 rings (SSSR count). The molecule has 1 amide bonds. The molecular weight excluding hydrogens is 499 g/mol. The van der Waals surface area contributed by atoms with Crippen molar-refractivity contribution in [3.05, 3.63) is 54.1 Å². The predicted molar refractivity (Wildman–Crippen MR) is 137 cm³/mol. The van der Waals surface area contributed by atoms with Gasteiger partial charge in [0.05, 0.1) is 29.2 Å². The number of benzene rings is 2. The quantitative estimate of drug-likeness (QED) is 0.391. The Labute approximate surface area is 216 Å². The molecule has 0 spiro atoms. The zero-order valence-corrected chi connectivity index (χ0v) is 21.0. The van der Waals surface area contributed by atoms with Crippen LogP contribution in [0.4, 0.5) is 13.2 Å². The molecule has 1 aliphatic rings. The number of hydrogen-bond acceptors (Lipinski definition) is 4. The molecule has 3 heterocycles. The van der Waals surface area contributed by atoms with Crippen molar-refractivity contribution in [2.45, 2.75) is 32.1 Å². The summed E-state index contributed by atoms with van der Waals surface area (Å²) < 4.78 is 42.5. The molecule has 1 aliphatic heterocycles. The van der Waals surface area contributed by atoms with Crippen LogP contribution in [0.2, 0.25) is 0 Å². The third kappa shape index (κ3) is 4.73. The van der Waals surface area contributed by atoms with Gasteiger partial charge < -0.3 is 24.5 Å². The number of aromatic nitrogens is 3. The number of aliphatic carboxylic acids is 1. The number of carbonyl (C=O) groups is 2. The summed E-state index contributed by atoms with van der Waals surface area (Å²) in [6.07, 6.45) is -4.42. The summed E-state index contributed by atoms with van der Waals surface area (Å²) in [5, 5.41) is 12.9. The average Bonchev–Trinajstić information content (AvgIpc) is 3.43. The molecule has 11 heteroatoms. The van der Waals surface area contributed by atoms with E-state index in [1.54, 1.807) is 18.2 Å². The monoisotopic (exact) mass is 527 g/mol. The molecule has 2 N–H and O–H groups in total. The van der Waals surface area contributed by atoms with Crippen LogP contribution in [0.25, 0.3) is 33.5 Å². The van der Waals surface area contributed by atoms with Gasteiger partial charge in [0.15, 0.2) is 5.82 Å². The number of fused-ring (bicyclic) bond motifs is 2. The number of aryl methyl sites for hydroxylation is 2. The van der Waals surface area contributed by atoms with Crippen molar-refractivity contribution in [1.82, 2.24) is 24.3 Å². The van der Waals surface area contributed by atoms with E-state index < -0.39 is 30.7 Å². The van der Waals surface area contributed by atoms with Gasteiger partial charge in [-0.05, 0) is 43.7 Å². The first-order chi connectivity index (χ1) is 18.1. The number of alkyl halides is 3. The third-order valence-corrected chi connectivity index (χ3v) is 7.27. The summed E-state index contributed by atoms with van der Waals surface area (Å²) in [5.74, 6) is -1.80. The first-order valence-electron chi connectivity index (χ1n) is 12.4. The Bertz CT molecular complexity index is 1520. The van der Waals surface area contributed by atoms with E-state index >= 15 is 0 Å². The number of likely N-dealkylation sites (tertiary alicyclic amines) is 1. The predicted octanol–water partition coefficient (Wildman–Crippen LogP) is 4.28. The van der Waals surface area contributed by atoms with Gasteiger partial charge in [-0.1, -0.05) is 18.2 Å². The van der Waals surface area contributed by atoms with Crippen molar-refractivity contribution in [1.29, 1.82) is 0 Å². The normalized spacial score (nSPS) is 18.4. The van der Waals surface area contributed by atoms with Gasteiger partial charge in [-0.3, -0.25) is 9.59 Å². The van der Waals surface area contributed by atoms with Crippen LogP contribution in [0, 0.1) is 5.92 Å². The molecule has 8 nitrogen and oxygen atoms in total. The smallest absolute Gasteiger partial charge is 0.401 e. The number of para-hydroxylation sites is 1. The number of carboxylic acids is 1. The van der Waals surface area contributed by atoms with Crippen LogP contribution in [-0.4, -0.2) is 67.9 Å². The topological polar surface area (TPSA) is 92.4 Å². The zero-order chi connectivity index (χ0) is 27.2. The number of nitrogens with zero attached hydrogens (tertiary/aromatic N) is 4. The van der Waals surface area contributed by atoms with E-state index in [1.165, 1.54) is 4.90 Å². The number of amides is 1. The highest BCUT2D eigenvalue weighted by atomic mass is 19.4. The number of halogens is 3. The molecule has 4 aromatic rings. The fraction of sp³-hybridized carbons (Fsp3) is 0.370. The van der Waals surface area contributed by atoms with E-state index in [9.17, 15) is 27.9 Å². The summed E-state index contributed by atoms with van der Waals surface area (Å²) >= 11 is 0. The Balaban J connectivity index is 1.43. The molecule has 2 aromatic carbocycles. The number of hydrogen-bond donors (Lipinski definition) is 2. The molecule has 38 heavy (non-hydrogen) atoms. The van der Waals surface area contributed by atoms with E-state index in [1.807, 2.05) is 23.7 Å². The average molecular weight is 528 g/mol. The van der Waals surface area contributed by atoms with E-state index in [0.717, 1.165) is 34.5 Å². The maximum atomic E-state index is 13.3. The number of rotatable bonds is 6. The minimum atomic E-state index is -4.49. The van der Waals surface area contributed by atoms with Crippen molar-refractivity contribution in [2.24, 2.45) is 13.0 Å². The fourth-order valence-corrected chi connectivity index (χ4v) is 5.37. The largest absolute Gasteiger partial charge is 0.481 e. The zero-order valence-electron chi connectivity index (χ0n) is 21.0. The highest BCUT2D eigenvalue weighted by molar-refractivity contribution is 5.98. The van der Waals surface area contributed by atoms with Gasteiger partial charge in [-0.15, -0.1) is 0 Å². The van der Waals surface area contributed by atoms with Crippen LogP contribution in [0.5, 0.6) is 0 Å². The van der Waals surface area contributed by atoms with E-state index in [2.05, 4.69) is 35.0 Å². The molecule has 2 atom stereocenters. The number of piperidine rings is 1. The Kier molecular flexibility index (Phi) is 6.64. The van der Waals surface area contributed by atoms with Crippen LogP contribution in [0.1, 0.15) is 23.7 Å². The first-order valence-corrected chi connectivity index (χ1v) is 12.4. The van der Waals surface area contributed by atoms with Crippen molar-refractivity contribution in [3.8, 4) is 11.5 Å². The number of carboxylic acid groups (broad SMARTS) is 1. The standard InChI is InChI=1S/C27H28F3N5O3/c1-3-35-21-7-5-4-6-16(21)13-23(35)24-32-19-12-17(8-9-22(19)33(24)2)25(36)34-11-10-18(26(37)38)20(14-34)31-15-27(28,29)30/h4-9,12-13,18,20,31H,3,10-11,14-15H2,1-2H3,(H,37,38)/t18-,20?/m1/s1. The van der Waals surface area contributed by atoms with Gasteiger partial charge in [-0.25, -0.2) is 4.98 Å². The summed E-state index contributed by atoms with van der Waals surface area (Å²) in [6, 6.07) is 14.3. The van der Waals surface area contributed by atoms with E-state index in [4.69, 9.17) is 4.98 Å². The molecule has 2 aromatic heterocycles. The van der Waals surface area contributed by atoms with Crippen molar-refractivity contribution >= 4 is 33.8 Å². The molecule has 0 bridgehead atoms. The van der Waals surface area contributed by atoms with Gasteiger partial charge in [0.1, 0.15) is 0 Å². The van der Waals surface area contributed by atoms with Gasteiger partial charge in [0.2, 0.25) is 0 Å². The lowest BCUT2D eigenvalue weighted by Gasteiger charge is -2.37. The molecule has 200 valence electrons. The van der Waals surface area contributed by atoms with E-state index in [0.29, 0.717) is 11.1 Å². The van der Waals surface area contributed by atoms with Crippen LogP contribution < -0.4 is 5.32 Å². The maximum Gasteiger partial charge on any atom is 0.401 e. The lowest BCUT2D eigenvalue weighted by Crippen LogP contribution is -2.56. The van der Waals surface area contributed by atoms with Crippen molar-refractivity contribution in [3.63, 3.8) is 0 Å². The van der Waals surface area contributed by atoms with Crippen LogP contribution in [0.15, 0.2) is 48.5 Å². The Hall–Kier alpha value is -3.86. The minimum absolute atomic E-state index is 0.0636. The van der Waals surface area contributed by atoms with Gasteiger partial charge in [0.25, 0.3) is 5.91 Å². The Morgan fingerprint density at radius 3 is 2.61 bits per heavy atom. The first kappa shape index (κ1) is 25.8. The second-order valence-corrected chi connectivity index (χ2v) is 9.62. The van der Waals surface area contributed by atoms with Gasteiger partial charge >= 0.3 is 12.1 Å². The van der Waals surface area contributed by atoms with Crippen molar-refractivity contribution < 1.29 is 27.9 Å². The van der Waals surface area contributed by atoms with Crippen LogP contribution in [0.3, 0.4) is 0 Å². The summed E-state index contributed by atoms with van der Waals surface area (Å²) in [4.78, 5) is 31.2. The van der Waals surface area contributed by atoms with Crippen LogP contribution >= 0.6 is 0 Å². The molecule has 0 aliphatic carbocycles. The van der Waals surface area contributed by atoms with E-state index in [-0.39, 0.29) is 25.4 Å². The molecule has 1 saturated heterocycles. The lowest BCUT2D eigenvalue weighted by molar-refractivity contribution is -0.147. The highest BCUT2D eigenvalue weighted by Crippen LogP contribution is 2.31. The number of imidazole rings is 1. The molecule has 1 fully saturated rings. The van der Waals surface area contributed by atoms with Crippen LogP contribution in [-0.2, 0) is 18.4 Å². The number of nitrogens with one attached hydrogen (secondary N) is 1. The SMILES string of the molecule is CCn1c(-c2nc3cc(C(=O)N4CC[C@@H](C(=O)O)C(NCC(F)(F)F)C4)ccc3n2C)cc2ccccc21. The minimum Gasteiger partial charge on any atom is -0.481 e. The summed E-state index contributed by atoms with van der Waals surface area (Å²) in [6.45, 7) is 1.52. The van der Waals surface area contributed by atoms with Gasteiger partial charge in [0, 0.05) is 49.2 Å². The summed E-state index contributed by atoms with van der Waals surface area (Å²) in [7, 11) is 1.91. The fourth-order valence-electron chi connectivity index (χ4n) is 5.37. The lowest BCUT2D eigenvalue weighted by atomic mass is 9.91. The molecule has 0 radical (unpaired) electrons. The van der Waals surface area contributed by atoms with Crippen molar-refractivity contribution in [2.75, 3.05) is 19.6 Å². The summed E-state index contributed by atoms with van der Waals surface area (Å²) in [5.41, 5.74) is 3.86. The maximum absolute atomic E-state index is 13.3. The highest BCUT2D eigenvalue weighted by Gasteiger charge is 2.38. The number of carbonyl (C=O) groups excluding carboxylic acids is 1. The second kappa shape index (κ2) is 9.79. The molecular formula is C27H28F3N5O3. The Morgan fingerprint density at radius 2 is 1.89 bits per heavy atom. The molecule has 0 saturated carbocycles. The molecule has 1 unspecified atom stereocenters.